The maximum Gasteiger partial charge on any atom is 0.329 e. The highest BCUT2D eigenvalue weighted by Crippen LogP contribution is 2.16. The number of amides is 3. The van der Waals surface area contributed by atoms with E-state index in [4.69, 9.17) is 10.8 Å². The molecule has 0 radical (unpaired) electrons. The number of hydrogen-bond acceptors (Lipinski definition) is 3. The van der Waals surface area contributed by atoms with Gasteiger partial charge in [-0.2, -0.15) is 0 Å². The van der Waals surface area contributed by atoms with E-state index in [-0.39, 0.29) is 19.6 Å². The van der Waals surface area contributed by atoms with Gasteiger partial charge in [-0.1, -0.05) is 0 Å². The zero-order valence-electron chi connectivity index (χ0n) is 11.3. The second-order valence-corrected chi connectivity index (χ2v) is 4.37. The maximum absolute atomic E-state index is 12.2. The highest BCUT2D eigenvalue weighted by atomic mass is 16.4. The number of aliphatic carboxylic acids is 1. The van der Waals surface area contributed by atoms with E-state index < -0.39 is 23.4 Å². The Kier molecular flexibility index (Phi) is 5.61. The van der Waals surface area contributed by atoms with E-state index in [2.05, 4.69) is 0 Å². The summed E-state index contributed by atoms with van der Waals surface area (Å²) in [5.41, 5.74) is 3.71. The molecule has 0 fully saturated rings. The molecule has 0 saturated heterocycles. The smallest absolute Gasteiger partial charge is 0.329 e. The Morgan fingerprint density at radius 2 is 1.67 bits per heavy atom. The third-order valence-electron chi connectivity index (χ3n) is 2.74. The minimum absolute atomic E-state index is 0.221. The third kappa shape index (κ3) is 3.61. The third-order valence-corrected chi connectivity index (χ3v) is 2.74. The Balaban J connectivity index is 5.11. The van der Waals surface area contributed by atoms with Crippen molar-refractivity contribution in [2.75, 3.05) is 19.6 Å². The summed E-state index contributed by atoms with van der Waals surface area (Å²) in [6, 6.07) is -0.508. The lowest BCUT2D eigenvalue weighted by Gasteiger charge is -2.37. The molecule has 0 saturated carbocycles. The van der Waals surface area contributed by atoms with Gasteiger partial charge in [-0.3, -0.25) is 4.79 Å². The summed E-state index contributed by atoms with van der Waals surface area (Å²) in [6.45, 7) is 6.55. The molecule has 0 spiro atoms. The molecule has 0 aliphatic heterocycles. The van der Waals surface area contributed by atoms with E-state index in [1.165, 1.54) is 23.6 Å². The van der Waals surface area contributed by atoms with Gasteiger partial charge in [0.15, 0.2) is 0 Å². The van der Waals surface area contributed by atoms with Gasteiger partial charge in [-0.15, -0.1) is 0 Å². The van der Waals surface area contributed by atoms with Gasteiger partial charge in [0.1, 0.15) is 12.1 Å². The molecular formula is C11H21N3O4. The van der Waals surface area contributed by atoms with E-state index in [9.17, 15) is 14.4 Å². The number of carboxylic acids is 1. The molecule has 0 aromatic heterocycles. The number of carboxylic acid groups (broad SMARTS) is 1. The number of nitrogens with two attached hydrogens (primary N) is 1. The van der Waals surface area contributed by atoms with Crippen LogP contribution in [0.4, 0.5) is 4.79 Å². The molecule has 0 heterocycles. The van der Waals surface area contributed by atoms with Gasteiger partial charge in [-0.25, -0.2) is 9.59 Å². The van der Waals surface area contributed by atoms with Crippen LogP contribution >= 0.6 is 0 Å². The van der Waals surface area contributed by atoms with Gasteiger partial charge in [0.25, 0.3) is 0 Å². The van der Waals surface area contributed by atoms with Crippen molar-refractivity contribution in [2.45, 2.75) is 33.2 Å². The average Bonchev–Trinajstić information content (AvgIpc) is 2.25. The number of likely N-dealkylation sites (N-methyl/N-ethyl adjacent to an activating group) is 2. The van der Waals surface area contributed by atoms with Gasteiger partial charge in [0.2, 0.25) is 5.91 Å². The fourth-order valence-electron chi connectivity index (χ4n) is 1.56. The van der Waals surface area contributed by atoms with E-state index >= 15 is 0 Å². The molecule has 0 bridgehead atoms. The maximum atomic E-state index is 12.2. The molecule has 0 rings (SSSR count). The lowest BCUT2D eigenvalue weighted by Crippen LogP contribution is -2.57. The second kappa shape index (κ2) is 6.23. The fourth-order valence-corrected chi connectivity index (χ4v) is 1.56. The van der Waals surface area contributed by atoms with Crippen molar-refractivity contribution in [3.8, 4) is 0 Å². The summed E-state index contributed by atoms with van der Waals surface area (Å²) >= 11 is 0. The predicted molar refractivity (Wildman–Crippen MR) is 65.9 cm³/mol. The lowest BCUT2D eigenvalue weighted by atomic mass is 10.0. The van der Waals surface area contributed by atoms with E-state index in [1.807, 2.05) is 0 Å². The molecule has 7 nitrogen and oxygen atoms in total. The lowest BCUT2D eigenvalue weighted by molar-refractivity contribution is -0.147. The monoisotopic (exact) mass is 259 g/mol. The quantitative estimate of drug-likeness (QED) is 0.705. The van der Waals surface area contributed by atoms with Gasteiger partial charge in [0.05, 0.1) is 0 Å². The number of urea groups is 1. The summed E-state index contributed by atoms with van der Waals surface area (Å²) in [5, 5.41) is 9.12. The highest BCUT2D eigenvalue weighted by molar-refractivity contribution is 5.88. The van der Waals surface area contributed by atoms with Crippen LogP contribution in [0.5, 0.6) is 0 Å². The fraction of sp³-hybridized carbons (Fsp3) is 0.727. The van der Waals surface area contributed by atoms with Gasteiger partial charge in [0, 0.05) is 13.1 Å². The summed E-state index contributed by atoms with van der Waals surface area (Å²) in [6.07, 6.45) is 0. The van der Waals surface area contributed by atoms with Crippen molar-refractivity contribution in [3.05, 3.63) is 0 Å². The Bertz CT molecular complexity index is 341. The van der Waals surface area contributed by atoms with Crippen molar-refractivity contribution in [3.63, 3.8) is 0 Å². The molecule has 0 aromatic rings. The molecular weight excluding hydrogens is 238 g/mol. The van der Waals surface area contributed by atoms with Crippen LogP contribution in [0.1, 0.15) is 27.7 Å². The minimum atomic E-state index is -1.34. The Hall–Kier alpha value is -1.79. The highest BCUT2D eigenvalue weighted by Gasteiger charge is 2.38. The van der Waals surface area contributed by atoms with Crippen molar-refractivity contribution >= 4 is 17.9 Å². The van der Waals surface area contributed by atoms with E-state index in [1.54, 1.807) is 13.8 Å². The summed E-state index contributed by atoms with van der Waals surface area (Å²) < 4.78 is 0. The summed E-state index contributed by atoms with van der Waals surface area (Å²) in [4.78, 5) is 36.6. The van der Waals surface area contributed by atoms with Crippen molar-refractivity contribution in [1.29, 1.82) is 0 Å². The van der Waals surface area contributed by atoms with Crippen LogP contribution < -0.4 is 5.73 Å². The minimum Gasteiger partial charge on any atom is -0.480 e. The first-order valence-electron chi connectivity index (χ1n) is 5.76. The first-order chi connectivity index (χ1) is 8.18. The summed E-state index contributed by atoms with van der Waals surface area (Å²) in [5.74, 6) is -1.73. The van der Waals surface area contributed by atoms with Crippen molar-refractivity contribution in [1.82, 2.24) is 9.80 Å². The number of rotatable bonds is 6. The van der Waals surface area contributed by atoms with Crippen LogP contribution in [0, 0.1) is 0 Å². The van der Waals surface area contributed by atoms with Gasteiger partial charge < -0.3 is 20.6 Å². The van der Waals surface area contributed by atoms with E-state index in [0.717, 1.165) is 0 Å². The molecule has 3 N–H and O–H groups in total. The predicted octanol–water partition coefficient (Wildman–Crippen LogP) is 0.0987. The SMILES string of the molecule is CCN(CC(N)=O)C(=O)N(CC)C(C)(C)C(=O)O. The molecule has 0 aromatic carbocycles. The number of nitrogens with zero attached hydrogens (tertiary/aromatic N) is 2. The van der Waals surface area contributed by atoms with Crippen molar-refractivity contribution in [2.24, 2.45) is 5.73 Å². The molecule has 3 amide bonds. The van der Waals surface area contributed by atoms with Gasteiger partial charge in [-0.05, 0) is 27.7 Å². The first-order valence-corrected chi connectivity index (χ1v) is 5.76. The molecule has 0 aliphatic carbocycles. The van der Waals surface area contributed by atoms with Gasteiger partial charge >= 0.3 is 12.0 Å². The Morgan fingerprint density at radius 1 is 1.17 bits per heavy atom. The molecule has 0 aliphatic rings. The molecule has 104 valence electrons. The zero-order valence-corrected chi connectivity index (χ0v) is 11.3. The van der Waals surface area contributed by atoms with Crippen molar-refractivity contribution < 1.29 is 19.5 Å². The van der Waals surface area contributed by atoms with Crippen LogP contribution in [0.25, 0.3) is 0 Å². The number of primary amides is 1. The first kappa shape index (κ1) is 16.2. The number of carbonyl (C=O) groups excluding carboxylic acids is 2. The Labute approximate surface area is 107 Å². The van der Waals surface area contributed by atoms with Crippen LogP contribution in [0.2, 0.25) is 0 Å². The van der Waals surface area contributed by atoms with E-state index in [0.29, 0.717) is 0 Å². The second-order valence-electron chi connectivity index (χ2n) is 4.37. The number of hydrogen-bond donors (Lipinski definition) is 2. The van der Waals surface area contributed by atoms with Crippen LogP contribution in [0.3, 0.4) is 0 Å². The topological polar surface area (TPSA) is 104 Å². The normalized spacial score (nSPS) is 10.9. The number of carbonyl (C=O) groups is 3. The van der Waals surface area contributed by atoms with Crippen LogP contribution in [0.15, 0.2) is 0 Å². The molecule has 7 heteroatoms. The molecule has 0 atom stereocenters. The summed E-state index contributed by atoms with van der Waals surface area (Å²) in [7, 11) is 0. The Morgan fingerprint density at radius 3 is 1.94 bits per heavy atom. The largest absolute Gasteiger partial charge is 0.480 e. The standard InChI is InChI=1S/C11H21N3O4/c1-5-13(7-8(12)15)10(18)14(6-2)11(3,4)9(16)17/h5-7H2,1-4H3,(H2,12,15)(H,16,17). The zero-order chi connectivity index (χ0) is 14.5. The average molecular weight is 259 g/mol. The van der Waals surface area contributed by atoms with Crippen LogP contribution in [-0.4, -0.2) is 58.0 Å². The molecule has 0 unspecified atom stereocenters. The van der Waals surface area contributed by atoms with Crippen LogP contribution in [-0.2, 0) is 9.59 Å². The molecule has 18 heavy (non-hydrogen) atoms.